The van der Waals surface area contributed by atoms with Crippen molar-refractivity contribution in [1.29, 1.82) is 0 Å². The lowest BCUT2D eigenvalue weighted by atomic mass is 10.2. The monoisotopic (exact) mass is 240 g/mol. The Hall–Kier alpha value is -1.47. The second-order valence-corrected chi connectivity index (χ2v) is 4.00. The highest BCUT2D eigenvalue weighted by Crippen LogP contribution is 2.27. The molecule has 1 fully saturated rings. The normalized spacial score (nSPS) is 23.5. The summed E-state index contributed by atoms with van der Waals surface area (Å²) in [5.74, 6) is 1.10. The van der Waals surface area contributed by atoms with Gasteiger partial charge in [-0.25, -0.2) is 0 Å². The smallest absolute Gasteiger partial charge is 0.229 e. The number of hydrogen-bond donors (Lipinski definition) is 1. The van der Waals surface area contributed by atoms with Gasteiger partial charge in [-0.15, -0.1) is 0 Å². The molecule has 1 aromatic rings. The van der Waals surface area contributed by atoms with Gasteiger partial charge in [0.25, 0.3) is 0 Å². The first-order valence-electron chi connectivity index (χ1n) is 5.47. The number of likely N-dealkylation sites (tertiary alicyclic amines) is 1. The Morgan fingerprint density at radius 2 is 2.47 bits per heavy atom. The molecule has 0 aromatic carbocycles. The van der Waals surface area contributed by atoms with Gasteiger partial charge in [-0.2, -0.15) is 4.98 Å². The second-order valence-electron chi connectivity index (χ2n) is 4.00. The van der Waals surface area contributed by atoms with Gasteiger partial charge in [0.15, 0.2) is 5.82 Å². The van der Waals surface area contributed by atoms with Crippen molar-refractivity contribution in [2.24, 2.45) is 5.16 Å². The number of hydrogen-bond acceptors (Lipinski definition) is 7. The molecule has 2 heterocycles. The number of oxime groups is 1. The van der Waals surface area contributed by atoms with Gasteiger partial charge in [0.05, 0.1) is 24.8 Å². The van der Waals surface area contributed by atoms with Crippen LogP contribution < -0.4 is 0 Å². The summed E-state index contributed by atoms with van der Waals surface area (Å²) in [5.41, 5.74) is 0.966. The lowest BCUT2D eigenvalue weighted by Crippen LogP contribution is -2.19. The summed E-state index contributed by atoms with van der Waals surface area (Å²) < 4.78 is 5.04. The molecule has 0 aliphatic carbocycles. The highest BCUT2D eigenvalue weighted by atomic mass is 16.6. The first kappa shape index (κ1) is 12.0. The van der Waals surface area contributed by atoms with E-state index in [0.717, 1.165) is 18.7 Å². The third-order valence-corrected chi connectivity index (χ3v) is 2.72. The van der Waals surface area contributed by atoms with Crippen molar-refractivity contribution in [1.82, 2.24) is 15.0 Å². The minimum absolute atomic E-state index is 0.0124. The van der Waals surface area contributed by atoms with E-state index in [4.69, 9.17) is 14.5 Å². The van der Waals surface area contributed by atoms with E-state index in [0.29, 0.717) is 18.1 Å². The van der Waals surface area contributed by atoms with Crippen LogP contribution in [0.3, 0.4) is 0 Å². The molecule has 94 valence electrons. The van der Waals surface area contributed by atoms with Gasteiger partial charge in [0, 0.05) is 13.0 Å². The van der Waals surface area contributed by atoms with Crippen LogP contribution in [0.1, 0.15) is 24.2 Å². The van der Waals surface area contributed by atoms with Crippen LogP contribution in [0.5, 0.6) is 0 Å². The van der Waals surface area contributed by atoms with E-state index in [-0.39, 0.29) is 12.6 Å². The molecule has 0 bridgehead atoms. The molecule has 1 atom stereocenters. The standard InChI is InChI=1S/C10H16N4O3/c1-14-6-7(12-16-2)5-8(14)10-11-9(3-4-15)17-13-10/h8,15H,3-6H2,1-2H3. The van der Waals surface area contributed by atoms with Gasteiger partial charge in [-0.1, -0.05) is 10.3 Å². The summed E-state index contributed by atoms with van der Waals surface area (Å²) in [4.78, 5) is 11.1. The molecule has 7 nitrogen and oxygen atoms in total. The molecule has 2 rings (SSSR count). The molecule has 1 aromatic heterocycles. The average molecular weight is 240 g/mol. The van der Waals surface area contributed by atoms with Crippen molar-refractivity contribution >= 4 is 5.71 Å². The molecule has 0 saturated carbocycles. The second kappa shape index (κ2) is 5.24. The van der Waals surface area contributed by atoms with Crippen molar-refractivity contribution < 1.29 is 14.5 Å². The molecule has 0 amide bonds. The van der Waals surface area contributed by atoms with Crippen molar-refractivity contribution in [3.05, 3.63) is 11.7 Å². The first-order chi connectivity index (χ1) is 8.24. The van der Waals surface area contributed by atoms with E-state index in [9.17, 15) is 0 Å². The number of aromatic nitrogens is 2. The van der Waals surface area contributed by atoms with Crippen LogP contribution in [0.15, 0.2) is 9.68 Å². The van der Waals surface area contributed by atoms with E-state index in [2.05, 4.69) is 20.2 Å². The lowest BCUT2D eigenvalue weighted by Gasteiger charge is -2.13. The minimum atomic E-state index is 0.0124. The Morgan fingerprint density at radius 1 is 1.65 bits per heavy atom. The average Bonchev–Trinajstić information content (AvgIpc) is 2.87. The van der Waals surface area contributed by atoms with Crippen LogP contribution in [-0.4, -0.2) is 53.2 Å². The summed E-state index contributed by atoms with van der Waals surface area (Å²) >= 11 is 0. The van der Waals surface area contributed by atoms with E-state index < -0.39 is 0 Å². The fraction of sp³-hybridized carbons (Fsp3) is 0.700. The summed E-state index contributed by atoms with van der Waals surface area (Å²) in [6.07, 6.45) is 1.13. The van der Waals surface area contributed by atoms with E-state index in [1.54, 1.807) is 0 Å². The molecule has 7 heteroatoms. The number of rotatable bonds is 4. The Balaban J connectivity index is 2.08. The molecule has 0 radical (unpaired) electrons. The maximum atomic E-state index is 8.78. The summed E-state index contributed by atoms with van der Waals surface area (Å²) in [7, 11) is 3.51. The molecule has 17 heavy (non-hydrogen) atoms. The number of aliphatic hydroxyl groups excluding tert-OH is 1. The van der Waals surface area contributed by atoms with Gasteiger partial charge in [-0.05, 0) is 7.05 Å². The van der Waals surface area contributed by atoms with Crippen LogP contribution in [0.25, 0.3) is 0 Å². The van der Waals surface area contributed by atoms with Crippen LogP contribution in [0.2, 0.25) is 0 Å². The molecule has 0 spiro atoms. The Bertz CT molecular complexity index is 404. The zero-order valence-electron chi connectivity index (χ0n) is 9.96. The molecule has 1 aliphatic rings. The maximum absolute atomic E-state index is 8.78. The Labute approximate surface area is 99.0 Å². The largest absolute Gasteiger partial charge is 0.399 e. The van der Waals surface area contributed by atoms with Crippen LogP contribution >= 0.6 is 0 Å². The summed E-state index contributed by atoms with van der Waals surface area (Å²) in [5, 5.41) is 16.7. The Kier molecular flexibility index (Phi) is 3.70. The maximum Gasteiger partial charge on any atom is 0.229 e. The zero-order valence-corrected chi connectivity index (χ0v) is 9.96. The van der Waals surface area contributed by atoms with E-state index in [1.807, 2.05) is 7.05 Å². The lowest BCUT2D eigenvalue weighted by molar-refractivity contribution is 0.212. The zero-order chi connectivity index (χ0) is 12.3. The van der Waals surface area contributed by atoms with Crippen molar-refractivity contribution in [2.45, 2.75) is 18.9 Å². The van der Waals surface area contributed by atoms with Gasteiger partial charge >= 0.3 is 0 Å². The third-order valence-electron chi connectivity index (χ3n) is 2.72. The predicted molar refractivity (Wildman–Crippen MR) is 59.5 cm³/mol. The summed E-state index contributed by atoms with van der Waals surface area (Å²) in [6.45, 7) is 0.751. The molecule has 1 unspecified atom stereocenters. The fourth-order valence-corrected chi connectivity index (χ4v) is 1.93. The van der Waals surface area contributed by atoms with Gasteiger partial charge in [0.2, 0.25) is 5.89 Å². The minimum Gasteiger partial charge on any atom is -0.399 e. The first-order valence-corrected chi connectivity index (χ1v) is 5.47. The number of aliphatic hydroxyl groups is 1. The van der Waals surface area contributed by atoms with Crippen LogP contribution in [0.4, 0.5) is 0 Å². The quantitative estimate of drug-likeness (QED) is 0.745. The molecule has 1 aliphatic heterocycles. The van der Waals surface area contributed by atoms with Crippen molar-refractivity contribution in [3.8, 4) is 0 Å². The third kappa shape index (κ3) is 2.62. The van der Waals surface area contributed by atoms with Crippen molar-refractivity contribution in [3.63, 3.8) is 0 Å². The highest BCUT2D eigenvalue weighted by Gasteiger charge is 2.31. The molecular formula is C10H16N4O3. The SMILES string of the molecule is CON=C1CC(c2noc(CCO)n2)N(C)C1. The number of nitrogens with zero attached hydrogens (tertiary/aromatic N) is 4. The van der Waals surface area contributed by atoms with E-state index >= 15 is 0 Å². The molecule has 1 N–H and O–H groups in total. The molecular weight excluding hydrogens is 224 g/mol. The van der Waals surface area contributed by atoms with Crippen LogP contribution in [0, 0.1) is 0 Å². The van der Waals surface area contributed by atoms with Gasteiger partial charge in [-0.3, -0.25) is 4.90 Å². The van der Waals surface area contributed by atoms with Gasteiger partial charge < -0.3 is 14.5 Å². The fourth-order valence-electron chi connectivity index (χ4n) is 1.93. The predicted octanol–water partition coefficient (Wildman–Crippen LogP) is -0.0166. The topological polar surface area (TPSA) is 84.0 Å². The van der Waals surface area contributed by atoms with Gasteiger partial charge in [0.1, 0.15) is 7.11 Å². The van der Waals surface area contributed by atoms with E-state index in [1.165, 1.54) is 7.11 Å². The highest BCUT2D eigenvalue weighted by molar-refractivity contribution is 5.88. The Morgan fingerprint density at radius 3 is 3.18 bits per heavy atom. The molecule has 1 saturated heterocycles. The van der Waals surface area contributed by atoms with Crippen molar-refractivity contribution in [2.75, 3.05) is 27.3 Å². The van der Waals surface area contributed by atoms with Crippen LogP contribution in [-0.2, 0) is 11.3 Å². The summed E-state index contributed by atoms with van der Waals surface area (Å²) in [6, 6.07) is 0.0695.